The van der Waals surface area contributed by atoms with Gasteiger partial charge in [-0.3, -0.25) is 0 Å². The molecule has 0 atom stereocenters. The number of rotatable bonds is 5. The van der Waals surface area contributed by atoms with E-state index in [1.54, 1.807) is 0 Å². The van der Waals surface area contributed by atoms with Gasteiger partial charge in [0.2, 0.25) is 0 Å². The van der Waals surface area contributed by atoms with Crippen LogP contribution in [0, 0.1) is 0 Å². The minimum absolute atomic E-state index is 0.176. The Morgan fingerprint density at radius 1 is 0.733 bits per heavy atom. The van der Waals surface area contributed by atoms with E-state index in [-0.39, 0.29) is 5.57 Å². The molecule has 0 radical (unpaired) electrons. The average Bonchev–Trinajstić information content (AvgIpc) is 2.69. The van der Waals surface area contributed by atoms with Crippen LogP contribution >= 0.6 is 0 Å². The van der Waals surface area contributed by atoms with Gasteiger partial charge >= 0.3 is 29.8 Å². The summed E-state index contributed by atoms with van der Waals surface area (Å²) in [5.74, 6) is -4.27. The molecule has 0 aromatic carbocycles. The summed E-state index contributed by atoms with van der Waals surface area (Å²) in [6, 6.07) is 0. The highest BCUT2D eigenvalue weighted by Crippen LogP contribution is 1.81. The Hall–Kier alpha value is -3.95. The van der Waals surface area contributed by atoms with Crippen LogP contribution in [0.25, 0.3) is 0 Å². The van der Waals surface area contributed by atoms with Crippen LogP contribution in [0.2, 0.25) is 0 Å². The Labute approximate surface area is 176 Å². The molecule has 0 aliphatic carbocycles. The largest absolute Gasteiger partial charge is 0.478 e. The van der Waals surface area contributed by atoms with Crippen LogP contribution in [0.4, 0.5) is 0 Å². The minimum atomic E-state index is -0.981. The molecule has 10 heteroatoms. The fraction of sp³-hybridized carbons (Fsp3) is 0.250. The van der Waals surface area contributed by atoms with E-state index in [1.165, 1.54) is 20.5 Å². The lowest BCUT2D eigenvalue weighted by Crippen LogP contribution is -1.92. The van der Waals surface area contributed by atoms with Crippen LogP contribution in [-0.2, 0) is 28.7 Å². The molecule has 0 amide bonds. The number of hydrogen-bond acceptors (Lipinski definition) is 6. The van der Waals surface area contributed by atoms with Crippen molar-refractivity contribution in [1.29, 1.82) is 0 Å². The van der Waals surface area contributed by atoms with Crippen LogP contribution in [0.15, 0.2) is 62.8 Å². The first kappa shape index (κ1) is 40.7. The van der Waals surface area contributed by atoms with Crippen molar-refractivity contribution in [2.75, 3.05) is 7.11 Å². The molecule has 30 heavy (non-hydrogen) atoms. The molecule has 0 heterocycles. The summed E-state index contributed by atoms with van der Waals surface area (Å²) in [6.45, 7) is 20.9. The smallest absolute Gasteiger partial charge is 0.330 e. The van der Waals surface area contributed by atoms with Gasteiger partial charge in [0.15, 0.2) is 0 Å². The molecule has 0 saturated heterocycles. The van der Waals surface area contributed by atoms with Gasteiger partial charge in [-0.1, -0.05) is 53.2 Å². The standard InChI is InChI=1S/2C4H6O2.3C3H4O2.C3H8/c1-3-4(5)6-2;1-3(2)4(5)6;3*1-2-3(4)5;1-3-2/h3H,1H2,2H3;1H2,2H3,(H,5,6);3*2H,1H2,(H,4,5);3H2,1-2H3. The highest BCUT2D eigenvalue weighted by molar-refractivity contribution is 5.84. The Morgan fingerprint density at radius 2 is 0.900 bits per heavy atom. The van der Waals surface area contributed by atoms with Crippen molar-refractivity contribution >= 4 is 29.8 Å². The second kappa shape index (κ2) is 36.0. The number of carboxylic acid groups (broad SMARTS) is 4. The van der Waals surface area contributed by atoms with Gasteiger partial charge in [-0.05, 0) is 6.92 Å². The molecule has 4 N–H and O–H groups in total. The van der Waals surface area contributed by atoms with Crippen molar-refractivity contribution in [3.63, 3.8) is 0 Å². The van der Waals surface area contributed by atoms with Gasteiger partial charge in [-0.2, -0.15) is 0 Å². The first-order valence-electron chi connectivity index (χ1n) is 7.83. The number of carbonyl (C=O) groups is 5. The molecular weight excluding hydrogens is 400 g/mol. The molecule has 0 saturated carbocycles. The molecule has 0 aromatic heterocycles. The summed E-state index contributed by atoms with van der Waals surface area (Å²) in [7, 11) is 1.31. The summed E-state index contributed by atoms with van der Waals surface area (Å²) in [6.07, 6.45) is 4.86. The lowest BCUT2D eigenvalue weighted by Gasteiger charge is -1.83. The van der Waals surface area contributed by atoms with E-state index < -0.39 is 29.8 Å². The van der Waals surface area contributed by atoms with Crippen LogP contribution in [-0.4, -0.2) is 57.4 Å². The second-order valence-corrected chi connectivity index (χ2v) is 4.15. The summed E-state index contributed by atoms with van der Waals surface area (Å²) in [5, 5.41) is 30.7. The maximum atomic E-state index is 9.84. The minimum Gasteiger partial charge on any atom is -0.478 e. The van der Waals surface area contributed by atoms with Crippen molar-refractivity contribution < 1.29 is 49.1 Å². The van der Waals surface area contributed by atoms with E-state index in [0.717, 1.165) is 24.3 Å². The van der Waals surface area contributed by atoms with Crippen molar-refractivity contribution in [2.24, 2.45) is 0 Å². The molecule has 0 aliphatic heterocycles. The summed E-state index contributed by atoms with van der Waals surface area (Å²) in [5.41, 5.74) is 0.176. The molecule has 0 bridgehead atoms. The SMILES string of the molecule is C=C(C)C(=O)O.C=CC(=O)O.C=CC(=O)O.C=CC(=O)O.C=CC(=O)OC.CCC. The molecule has 10 nitrogen and oxygen atoms in total. The molecule has 172 valence electrons. The van der Waals surface area contributed by atoms with Gasteiger partial charge in [-0.15, -0.1) is 0 Å². The molecule has 0 rings (SSSR count). The van der Waals surface area contributed by atoms with Crippen molar-refractivity contribution in [3.05, 3.63) is 62.8 Å². The maximum absolute atomic E-state index is 9.84. The fourth-order valence-electron chi connectivity index (χ4n) is 0.0833. The van der Waals surface area contributed by atoms with Crippen molar-refractivity contribution in [1.82, 2.24) is 0 Å². The van der Waals surface area contributed by atoms with Gasteiger partial charge in [0.25, 0.3) is 0 Å². The normalized spacial score (nSPS) is 6.67. The fourth-order valence-corrected chi connectivity index (χ4v) is 0.0833. The first-order valence-corrected chi connectivity index (χ1v) is 7.83. The topological polar surface area (TPSA) is 175 Å². The predicted molar refractivity (Wildman–Crippen MR) is 114 cm³/mol. The second-order valence-electron chi connectivity index (χ2n) is 4.15. The van der Waals surface area contributed by atoms with Crippen LogP contribution in [0.5, 0.6) is 0 Å². The van der Waals surface area contributed by atoms with Crippen molar-refractivity contribution in [3.8, 4) is 0 Å². The molecule has 0 aromatic rings. The monoisotopic (exact) mass is 432 g/mol. The summed E-state index contributed by atoms with van der Waals surface area (Å²) in [4.78, 5) is 47.2. The summed E-state index contributed by atoms with van der Waals surface area (Å²) < 4.78 is 4.14. The molecule has 0 aliphatic rings. The Kier molecular flexibility index (Phi) is 48.9. The first-order chi connectivity index (χ1) is 13.7. The number of methoxy groups -OCH3 is 1. The third-order valence-corrected chi connectivity index (χ3v) is 1.26. The van der Waals surface area contributed by atoms with E-state index in [4.69, 9.17) is 20.4 Å². The van der Waals surface area contributed by atoms with Gasteiger partial charge < -0.3 is 25.2 Å². The highest BCUT2D eigenvalue weighted by Gasteiger charge is 1.90. The molecule has 0 fully saturated rings. The molecule has 0 unspecified atom stereocenters. The maximum Gasteiger partial charge on any atom is 0.330 e. The average molecular weight is 432 g/mol. The third-order valence-electron chi connectivity index (χ3n) is 1.26. The Morgan fingerprint density at radius 3 is 0.900 bits per heavy atom. The van der Waals surface area contributed by atoms with Crippen molar-refractivity contribution in [2.45, 2.75) is 27.2 Å². The van der Waals surface area contributed by atoms with Crippen LogP contribution in [0.1, 0.15) is 27.2 Å². The number of esters is 1. The molecular formula is C20H32O10. The van der Waals surface area contributed by atoms with Crippen LogP contribution < -0.4 is 0 Å². The van der Waals surface area contributed by atoms with Gasteiger partial charge in [0.05, 0.1) is 7.11 Å². The quantitative estimate of drug-likeness (QED) is 0.373. The lowest BCUT2D eigenvalue weighted by molar-refractivity contribution is -0.135. The number of carbonyl (C=O) groups excluding carboxylic acids is 1. The number of ether oxygens (including phenoxy) is 1. The third kappa shape index (κ3) is 127. The van der Waals surface area contributed by atoms with E-state index in [9.17, 15) is 24.0 Å². The number of hydrogen-bond donors (Lipinski definition) is 4. The van der Waals surface area contributed by atoms with E-state index in [2.05, 4.69) is 51.5 Å². The zero-order valence-corrected chi connectivity index (χ0v) is 17.8. The van der Waals surface area contributed by atoms with Gasteiger partial charge in [0.1, 0.15) is 0 Å². The zero-order chi connectivity index (χ0) is 25.7. The lowest BCUT2D eigenvalue weighted by atomic mass is 10.4. The zero-order valence-electron chi connectivity index (χ0n) is 17.8. The number of carboxylic acids is 4. The predicted octanol–water partition coefficient (Wildman–Crippen LogP) is 3.18. The van der Waals surface area contributed by atoms with E-state index in [1.807, 2.05) is 0 Å². The Bertz CT molecular complexity index is 502. The highest BCUT2D eigenvalue weighted by atomic mass is 16.5. The van der Waals surface area contributed by atoms with Gasteiger partial charge in [-0.25, -0.2) is 24.0 Å². The van der Waals surface area contributed by atoms with Gasteiger partial charge in [0, 0.05) is 29.9 Å². The van der Waals surface area contributed by atoms with Crippen LogP contribution in [0.3, 0.4) is 0 Å². The number of aliphatic carboxylic acids is 4. The van der Waals surface area contributed by atoms with E-state index in [0.29, 0.717) is 0 Å². The Balaban J connectivity index is -0.0000000582. The van der Waals surface area contributed by atoms with E-state index >= 15 is 0 Å². The molecule has 0 spiro atoms. The summed E-state index contributed by atoms with van der Waals surface area (Å²) >= 11 is 0.